The summed E-state index contributed by atoms with van der Waals surface area (Å²) in [5, 5.41) is 1.13. The number of fused-ring (bicyclic) bond motifs is 2. The Hall–Kier alpha value is -3.61. The SMILES string of the molecule is CCCN1C(=O)CCc2cc(CS(=O)(=O)Cc3ccc(C)c(Cl)c3)ccc21.CCCN1C(=O)CCc2cc(N)ccc21.Cc1ccc(CS(=O)(=O)Cl)cc1Cl. The molecule has 0 fully saturated rings. The Morgan fingerprint density at radius 3 is 1.47 bits per heavy atom. The van der Waals surface area contributed by atoms with E-state index in [-0.39, 0.29) is 29.1 Å². The summed E-state index contributed by atoms with van der Waals surface area (Å²) in [5.41, 5.74) is 14.6. The standard InChI is InChI=1S/C21H24ClNO3S.C12H16N2O.C8H8Cl2O2S/c1-3-10-23-20-8-6-16(11-18(20)7-9-21(23)24)13-27(25,26)14-17-5-4-15(2)19(22)12-17;1-2-7-14-11-5-4-10(13)8-9(11)3-6-12(14)15;1-6-2-3-7(4-8(6)9)5-13(10,11)12/h4-6,8,11-12H,3,7,9-10,13-14H2,1-2H3;4-5,8H,2-3,6-7,13H2,1H3;2-4H,5H2,1H3. The molecule has 2 N–H and O–H groups in total. The molecule has 0 spiro atoms. The van der Waals surface area contributed by atoms with Gasteiger partial charge in [0.15, 0.2) is 9.84 Å². The number of benzene rings is 4. The summed E-state index contributed by atoms with van der Waals surface area (Å²) < 4.78 is 46.7. The van der Waals surface area contributed by atoms with Crippen LogP contribution in [0.3, 0.4) is 0 Å². The van der Waals surface area contributed by atoms with Crippen LogP contribution < -0.4 is 15.5 Å². The molecule has 4 aromatic rings. The summed E-state index contributed by atoms with van der Waals surface area (Å²) in [6.45, 7) is 9.35. The van der Waals surface area contributed by atoms with Crippen LogP contribution in [0, 0.1) is 13.8 Å². The molecular weight excluding hydrogens is 801 g/mol. The van der Waals surface area contributed by atoms with Gasteiger partial charge >= 0.3 is 0 Å². The van der Waals surface area contributed by atoms with Crippen LogP contribution in [0.4, 0.5) is 17.1 Å². The Kier molecular flexibility index (Phi) is 15.6. The number of amides is 2. The third-order valence-electron chi connectivity index (χ3n) is 9.13. The molecule has 9 nitrogen and oxygen atoms in total. The molecule has 2 heterocycles. The molecule has 2 aliphatic heterocycles. The highest BCUT2D eigenvalue weighted by Crippen LogP contribution is 2.31. The molecule has 2 aliphatic rings. The second-order valence-corrected chi connectivity index (χ2v) is 19.5. The molecule has 0 aliphatic carbocycles. The lowest BCUT2D eigenvalue weighted by atomic mass is 9.99. The predicted octanol–water partition coefficient (Wildman–Crippen LogP) is 9.13. The van der Waals surface area contributed by atoms with Crippen molar-refractivity contribution in [1.29, 1.82) is 0 Å². The normalized spacial score (nSPS) is 13.9. The number of nitrogen functional groups attached to an aromatic ring is 1. The Morgan fingerprint density at radius 2 is 1.02 bits per heavy atom. The van der Waals surface area contributed by atoms with Crippen LogP contribution in [0.25, 0.3) is 0 Å². The maximum atomic E-state index is 12.6. The van der Waals surface area contributed by atoms with Crippen molar-refractivity contribution in [2.24, 2.45) is 0 Å². The third-order valence-corrected chi connectivity index (χ3v) is 12.5. The fourth-order valence-electron chi connectivity index (χ4n) is 6.43. The lowest BCUT2D eigenvalue weighted by Crippen LogP contribution is -2.35. The van der Waals surface area contributed by atoms with Gasteiger partial charge in [0.25, 0.3) is 0 Å². The van der Waals surface area contributed by atoms with Gasteiger partial charge in [-0.05, 0) is 115 Å². The zero-order chi connectivity index (χ0) is 40.5. The number of aryl methyl sites for hydroxylation is 4. The second kappa shape index (κ2) is 19.5. The molecule has 0 bridgehead atoms. The van der Waals surface area contributed by atoms with Crippen molar-refractivity contribution >= 4 is 81.6 Å². The van der Waals surface area contributed by atoms with Gasteiger partial charge in [-0.1, -0.05) is 73.4 Å². The van der Waals surface area contributed by atoms with Crippen LogP contribution in [-0.2, 0) is 58.6 Å². The zero-order valence-corrected chi connectivity index (χ0v) is 35.5. The van der Waals surface area contributed by atoms with Gasteiger partial charge in [-0.3, -0.25) is 9.59 Å². The molecule has 0 radical (unpaired) electrons. The van der Waals surface area contributed by atoms with Crippen LogP contribution >= 0.6 is 33.9 Å². The van der Waals surface area contributed by atoms with Crippen LogP contribution in [0.15, 0.2) is 72.8 Å². The summed E-state index contributed by atoms with van der Waals surface area (Å²) >= 11 is 11.9. The molecule has 296 valence electrons. The molecule has 6 rings (SSSR count). The first-order valence-electron chi connectivity index (χ1n) is 18.1. The minimum atomic E-state index is -3.49. The first-order valence-corrected chi connectivity index (χ1v) is 23.2. The van der Waals surface area contributed by atoms with Gasteiger partial charge < -0.3 is 15.5 Å². The van der Waals surface area contributed by atoms with Crippen molar-refractivity contribution in [1.82, 2.24) is 0 Å². The largest absolute Gasteiger partial charge is 0.399 e. The maximum absolute atomic E-state index is 12.6. The number of carbonyl (C=O) groups is 2. The third kappa shape index (κ3) is 13.0. The van der Waals surface area contributed by atoms with Gasteiger partial charge in [-0.2, -0.15) is 0 Å². The van der Waals surface area contributed by atoms with Crippen molar-refractivity contribution in [3.63, 3.8) is 0 Å². The van der Waals surface area contributed by atoms with E-state index in [2.05, 4.69) is 6.92 Å². The van der Waals surface area contributed by atoms with E-state index >= 15 is 0 Å². The summed E-state index contributed by atoms with van der Waals surface area (Å²) in [5.74, 6) is 0.127. The molecule has 2 amide bonds. The quantitative estimate of drug-likeness (QED) is 0.124. The van der Waals surface area contributed by atoms with Crippen molar-refractivity contribution in [3.05, 3.63) is 122 Å². The molecule has 0 saturated heterocycles. The van der Waals surface area contributed by atoms with Gasteiger partial charge in [-0.25, -0.2) is 16.8 Å². The molecule has 4 aromatic carbocycles. The molecule has 0 aromatic heterocycles. The molecule has 0 saturated carbocycles. The van der Waals surface area contributed by atoms with E-state index in [0.717, 1.165) is 65.1 Å². The Bertz CT molecular complexity index is 2250. The number of carbonyl (C=O) groups excluding carboxylic acids is 2. The van der Waals surface area contributed by atoms with E-state index in [9.17, 15) is 26.4 Å². The topological polar surface area (TPSA) is 135 Å². The molecule has 14 heteroatoms. The molecule has 0 unspecified atom stereocenters. The number of rotatable bonds is 10. The zero-order valence-electron chi connectivity index (χ0n) is 31.6. The number of sulfone groups is 1. The first-order chi connectivity index (χ1) is 25.9. The van der Waals surface area contributed by atoms with E-state index in [0.29, 0.717) is 47.0 Å². The van der Waals surface area contributed by atoms with Gasteiger partial charge in [-0.15, -0.1) is 0 Å². The molecular formula is C41H48Cl3N3O6S2. The van der Waals surface area contributed by atoms with Crippen LogP contribution in [-0.4, -0.2) is 41.7 Å². The summed E-state index contributed by atoms with van der Waals surface area (Å²) in [7, 11) is -1.72. The van der Waals surface area contributed by atoms with Gasteiger partial charge in [0.05, 0.1) is 17.3 Å². The smallest absolute Gasteiger partial charge is 0.236 e. The van der Waals surface area contributed by atoms with Crippen LogP contribution in [0.5, 0.6) is 0 Å². The highest BCUT2D eigenvalue weighted by atomic mass is 35.7. The monoisotopic (exact) mass is 847 g/mol. The van der Waals surface area contributed by atoms with Gasteiger partial charge in [0, 0.05) is 63.7 Å². The van der Waals surface area contributed by atoms with Crippen LogP contribution in [0.1, 0.15) is 78.5 Å². The summed E-state index contributed by atoms with van der Waals surface area (Å²) in [6, 6.07) is 21.9. The maximum Gasteiger partial charge on any atom is 0.236 e. The van der Waals surface area contributed by atoms with Crippen molar-refractivity contribution < 1.29 is 26.4 Å². The Morgan fingerprint density at radius 1 is 0.600 bits per heavy atom. The van der Waals surface area contributed by atoms with Crippen molar-refractivity contribution in [2.45, 2.75) is 83.5 Å². The number of anilines is 3. The van der Waals surface area contributed by atoms with Crippen molar-refractivity contribution in [2.75, 3.05) is 28.6 Å². The lowest BCUT2D eigenvalue weighted by molar-refractivity contribution is -0.119. The van der Waals surface area contributed by atoms with E-state index in [1.165, 1.54) is 5.56 Å². The Labute approximate surface area is 340 Å². The van der Waals surface area contributed by atoms with E-state index in [1.807, 2.05) is 73.0 Å². The highest BCUT2D eigenvalue weighted by Gasteiger charge is 2.25. The summed E-state index contributed by atoms with van der Waals surface area (Å²) in [4.78, 5) is 27.5. The van der Waals surface area contributed by atoms with Gasteiger partial charge in [0.1, 0.15) is 0 Å². The molecule has 55 heavy (non-hydrogen) atoms. The van der Waals surface area contributed by atoms with Crippen molar-refractivity contribution in [3.8, 4) is 0 Å². The Balaban J connectivity index is 0.000000202. The number of hydrogen-bond donors (Lipinski definition) is 1. The first kappa shape index (κ1) is 44.1. The fourth-order valence-corrected chi connectivity index (χ4v) is 9.27. The predicted molar refractivity (Wildman–Crippen MR) is 226 cm³/mol. The van der Waals surface area contributed by atoms with E-state index in [4.69, 9.17) is 39.6 Å². The summed E-state index contributed by atoms with van der Waals surface area (Å²) in [6.07, 6.45) is 4.44. The second-order valence-electron chi connectivity index (χ2n) is 13.8. The number of halogens is 3. The number of hydrogen-bond acceptors (Lipinski definition) is 7. The van der Waals surface area contributed by atoms with Crippen LogP contribution in [0.2, 0.25) is 10.0 Å². The highest BCUT2D eigenvalue weighted by molar-refractivity contribution is 8.13. The average molecular weight is 849 g/mol. The lowest BCUT2D eigenvalue weighted by Gasteiger charge is -2.29. The minimum absolute atomic E-state index is 0.0203. The fraction of sp³-hybridized carbons (Fsp3) is 0.366. The average Bonchev–Trinajstić information content (AvgIpc) is 3.10. The molecule has 0 atom stereocenters. The van der Waals surface area contributed by atoms with E-state index in [1.54, 1.807) is 30.3 Å². The minimum Gasteiger partial charge on any atom is -0.399 e. The number of nitrogens with zero attached hydrogens (tertiary/aromatic N) is 2. The van der Waals surface area contributed by atoms with E-state index < -0.39 is 18.9 Å². The van der Waals surface area contributed by atoms with Gasteiger partial charge in [0.2, 0.25) is 20.9 Å². The number of nitrogens with two attached hydrogens (primary N) is 1.